The smallest absolute Gasteiger partial charge is 0.317 e. The number of aliphatic carboxylic acids is 2. The van der Waals surface area contributed by atoms with E-state index in [1.807, 2.05) is 0 Å². The van der Waals surface area contributed by atoms with Gasteiger partial charge in [-0.3, -0.25) is 9.59 Å². The van der Waals surface area contributed by atoms with Crippen LogP contribution in [0.15, 0.2) is 22.5 Å². The summed E-state index contributed by atoms with van der Waals surface area (Å²) < 4.78 is 6.54. The summed E-state index contributed by atoms with van der Waals surface area (Å²) in [5.41, 5.74) is 0.705. The van der Waals surface area contributed by atoms with Crippen molar-refractivity contribution in [3.05, 3.63) is 18.2 Å². The van der Waals surface area contributed by atoms with Gasteiger partial charge in [-0.05, 0) is 12.1 Å². The molecule has 0 fully saturated rings. The molecule has 0 aliphatic heterocycles. The molecule has 2 N–H and O–H groups in total. The predicted molar refractivity (Wildman–Crippen MR) is 75.7 cm³/mol. The van der Waals surface area contributed by atoms with Crippen LogP contribution in [-0.4, -0.2) is 39.5 Å². The highest BCUT2D eigenvalue weighted by Crippen LogP contribution is 2.37. The summed E-state index contributed by atoms with van der Waals surface area (Å²) in [5, 5.41) is 16.7. The topological polar surface area (TPSA) is 96.7 Å². The Morgan fingerprint density at radius 2 is 2.20 bits per heavy atom. The van der Waals surface area contributed by atoms with Crippen LogP contribution >= 0.6 is 23.1 Å². The Labute approximate surface area is 122 Å². The molecule has 1 aromatic carbocycles. The lowest BCUT2D eigenvalue weighted by Gasteiger charge is -2.06. The standard InChI is InChI=1S/C12H11NO5S2/c1-18-7-4-2-3-6-10(7)20-12(13-6)19-8(11(16)17)5-9(14)15/h2-4,8H,5H2,1H3,(H,14,15)(H,16,17). The van der Waals surface area contributed by atoms with Crippen LogP contribution in [0.5, 0.6) is 5.75 Å². The summed E-state index contributed by atoms with van der Waals surface area (Å²) in [6, 6.07) is 5.38. The first-order chi connectivity index (χ1) is 9.51. The second-order valence-corrected chi connectivity index (χ2v) is 6.28. The minimum absolute atomic E-state index is 0.451. The molecular formula is C12H11NO5S2. The Kier molecular flexibility index (Phi) is 4.46. The van der Waals surface area contributed by atoms with E-state index < -0.39 is 23.6 Å². The molecule has 1 atom stereocenters. The Bertz CT molecular complexity index is 654. The van der Waals surface area contributed by atoms with Crippen molar-refractivity contribution in [1.29, 1.82) is 0 Å². The number of hydrogen-bond donors (Lipinski definition) is 2. The maximum absolute atomic E-state index is 11.0. The molecule has 2 rings (SSSR count). The van der Waals surface area contributed by atoms with Gasteiger partial charge >= 0.3 is 11.9 Å². The first-order valence-corrected chi connectivity index (χ1v) is 7.25. The molecular weight excluding hydrogens is 302 g/mol. The van der Waals surface area contributed by atoms with E-state index in [4.69, 9.17) is 14.9 Å². The largest absolute Gasteiger partial charge is 0.495 e. The SMILES string of the molecule is COc1cccc2nc(SC(CC(=O)O)C(=O)O)sc12. The number of carbonyl (C=O) groups is 2. The van der Waals surface area contributed by atoms with E-state index in [1.54, 1.807) is 25.3 Å². The number of thiazole rings is 1. The van der Waals surface area contributed by atoms with Crippen LogP contribution in [0.25, 0.3) is 10.2 Å². The van der Waals surface area contributed by atoms with Crippen LogP contribution < -0.4 is 4.74 Å². The third kappa shape index (κ3) is 3.20. The first-order valence-electron chi connectivity index (χ1n) is 5.56. The van der Waals surface area contributed by atoms with Crippen molar-refractivity contribution in [3.63, 3.8) is 0 Å². The second kappa shape index (κ2) is 6.10. The zero-order valence-corrected chi connectivity index (χ0v) is 12.0. The molecule has 0 amide bonds. The van der Waals surface area contributed by atoms with Crippen molar-refractivity contribution in [2.24, 2.45) is 0 Å². The number of ether oxygens (including phenoxy) is 1. The minimum Gasteiger partial charge on any atom is -0.495 e. The molecule has 2 aromatic rings. The Balaban J connectivity index is 2.28. The fourth-order valence-electron chi connectivity index (χ4n) is 1.57. The quantitative estimate of drug-likeness (QED) is 0.790. The molecule has 1 heterocycles. The molecule has 20 heavy (non-hydrogen) atoms. The molecule has 106 valence electrons. The third-order valence-corrected chi connectivity index (χ3v) is 4.82. The van der Waals surface area contributed by atoms with Crippen LogP contribution in [0.1, 0.15) is 6.42 Å². The molecule has 8 heteroatoms. The Morgan fingerprint density at radius 3 is 2.80 bits per heavy atom. The summed E-state index contributed by atoms with van der Waals surface area (Å²) in [5.74, 6) is -1.65. The molecule has 0 radical (unpaired) electrons. The van der Waals surface area contributed by atoms with Gasteiger partial charge < -0.3 is 14.9 Å². The highest BCUT2D eigenvalue weighted by Gasteiger charge is 2.24. The van der Waals surface area contributed by atoms with Crippen molar-refractivity contribution in [3.8, 4) is 5.75 Å². The van der Waals surface area contributed by atoms with Gasteiger partial charge in [0.2, 0.25) is 0 Å². The zero-order chi connectivity index (χ0) is 14.7. The van der Waals surface area contributed by atoms with Gasteiger partial charge in [-0.2, -0.15) is 0 Å². The molecule has 0 saturated carbocycles. The van der Waals surface area contributed by atoms with Crippen LogP contribution in [0.3, 0.4) is 0 Å². The van der Waals surface area contributed by atoms with Gasteiger partial charge in [0.15, 0.2) is 4.34 Å². The molecule has 6 nitrogen and oxygen atoms in total. The van der Waals surface area contributed by atoms with E-state index in [-0.39, 0.29) is 0 Å². The first kappa shape index (κ1) is 14.6. The summed E-state index contributed by atoms with van der Waals surface area (Å²) in [4.78, 5) is 26.0. The van der Waals surface area contributed by atoms with Gasteiger partial charge in [0.1, 0.15) is 11.0 Å². The van der Waals surface area contributed by atoms with E-state index in [0.717, 1.165) is 16.5 Å². The van der Waals surface area contributed by atoms with Crippen molar-refractivity contribution < 1.29 is 24.5 Å². The molecule has 0 aliphatic carbocycles. The average molecular weight is 313 g/mol. The number of fused-ring (bicyclic) bond motifs is 1. The Hall–Kier alpha value is -1.80. The highest BCUT2D eigenvalue weighted by atomic mass is 32.2. The van der Waals surface area contributed by atoms with Crippen LogP contribution in [0, 0.1) is 0 Å². The van der Waals surface area contributed by atoms with Crippen LogP contribution in [0.4, 0.5) is 0 Å². The lowest BCUT2D eigenvalue weighted by Crippen LogP contribution is -2.20. The number of methoxy groups -OCH3 is 1. The maximum Gasteiger partial charge on any atom is 0.317 e. The van der Waals surface area contributed by atoms with Crippen molar-refractivity contribution in [1.82, 2.24) is 4.98 Å². The number of benzene rings is 1. The molecule has 0 bridgehead atoms. The van der Waals surface area contributed by atoms with Gasteiger partial charge in [0.25, 0.3) is 0 Å². The van der Waals surface area contributed by atoms with E-state index in [2.05, 4.69) is 4.98 Å². The van der Waals surface area contributed by atoms with Gasteiger partial charge in [0, 0.05) is 0 Å². The summed E-state index contributed by atoms with van der Waals surface area (Å²) >= 11 is 2.23. The Morgan fingerprint density at radius 1 is 1.45 bits per heavy atom. The van der Waals surface area contributed by atoms with E-state index in [0.29, 0.717) is 15.6 Å². The molecule has 0 saturated heterocycles. The van der Waals surface area contributed by atoms with Gasteiger partial charge in [-0.15, -0.1) is 11.3 Å². The van der Waals surface area contributed by atoms with Crippen LogP contribution in [-0.2, 0) is 9.59 Å². The number of hydrogen-bond acceptors (Lipinski definition) is 6. The summed E-state index contributed by atoms with van der Waals surface area (Å²) in [6.07, 6.45) is -0.451. The number of carboxylic acid groups (broad SMARTS) is 2. The van der Waals surface area contributed by atoms with Crippen LogP contribution in [0.2, 0.25) is 0 Å². The van der Waals surface area contributed by atoms with E-state index in [9.17, 15) is 9.59 Å². The molecule has 1 aromatic heterocycles. The number of thioether (sulfide) groups is 1. The normalized spacial score (nSPS) is 12.2. The fraction of sp³-hybridized carbons (Fsp3) is 0.250. The summed E-state index contributed by atoms with van der Waals surface area (Å²) in [7, 11) is 1.55. The molecule has 0 spiro atoms. The second-order valence-electron chi connectivity index (χ2n) is 3.83. The maximum atomic E-state index is 11.0. The lowest BCUT2D eigenvalue weighted by molar-refractivity contribution is -0.142. The van der Waals surface area contributed by atoms with Crippen molar-refractivity contribution in [2.75, 3.05) is 7.11 Å². The van der Waals surface area contributed by atoms with Gasteiger partial charge in [0.05, 0.1) is 23.7 Å². The van der Waals surface area contributed by atoms with Crippen molar-refractivity contribution >= 4 is 45.3 Å². The summed E-state index contributed by atoms with van der Waals surface area (Å²) in [6.45, 7) is 0. The van der Waals surface area contributed by atoms with E-state index in [1.165, 1.54) is 11.3 Å². The van der Waals surface area contributed by atoms with Gasteiger partial charge in [-0.1, -0.05) is 17.8 Å². The third-order valence-electron chi connectivity index (χ3n) is 2.46. The fourth-order valence-corrected chi connectivity index (χ4v) is 3.88. The average Bonchev–Trinajstić information content (AvgIpc) is 2.79. The van der Waals surface area contributed by atoms with Gasteiger partial charge in [-0.25, -0.2) is 4.98 Å². The predicted octanol–water partition coefficient (Wildman–Crippen LogP) is 2.32. The molecule has 1 unspecified atom stereocenters. The lowest BCUT2D eigenvalue weighted by atomic mass is 10.3. The molecule has 0 aliphatic rings. The number of aromatic nitrogens is 1. The number of nitrogens with zero attached hydrogens (tertiary/aromatic N) is 1. The monoisotopic (exact) mass is 313 g/mol. The van der Waals surface area contributed by atoms with E-state index >= 15 is 0 Å². The highest BCUT2D eigenvalue weighted by molar-refractivity contribution is 8.02. The number of rotatable bonds is 6. The minimum atomic E-state index is -1.16. The van der Waals surface area contributed by atoms with Crippen molar-refractivity contribution in [2.45, 2.75) is 16.0 Å². The number of carboxylic acids is 2. The zero-order valence-electron chi connectivity index (χ0n) is 10.4.